The first-order chi connectivity index (χ1) is 9.66. The van der Waals surface area contributed by atoms with Gasteiger partial charge in [-0.05, 0) is 31.0 Å². The van der Waals surface area contributed by atoms with Crippen LogP contribution in [0.15, 0.2) is 30.6 Å². The molecule has 2 aromatic heterocycles. The van der Waals surface area contributed by atoms with Crippen LogP contribution in [0.3, 0.4) is 0 Å². The number of aromatic nitrogens is 3. The fourth-order valence-corrected chi connectivity index (χ4v) is 2.70. The SMILES string of the molecule is Cn1nccc1-c1ccc(N2CCC[C@H]2C(N)=O)cn1. The van der Waals surface area contributed by atoms with Crippen LogP contribution in [0.25, 0.3) is 11.4 Å². The van der Waals surface area contributed by atoms with Gasteiger partial charge in [-0.25, -0.2) is 0 Å². The zero-order chi connectivity index (χ0) is 14.1. The molecule has 1 aliphatic rings. The molecule has 2 aromatic rings. The van der Waals surface area contributed by atoms with Crippen molar-refractivity contribution in [3.05, 3.63) is 30.6 Å². The van der Waals surface area contributed by atoms with Gasteiger partial charge < -0.3 is 10.6 Å². The van der Waals surface area contributed by atoms with E-state index in [0.717, 1.165) is 36.5 Å². The zero-order valence-corrected chi connectivity index (χ0v) is 11.4. The number of pyridine rings is 1. The van der Waals surface area contributed by atoms with Crippen molar-refractivity contribution in [3.63, 3.8) is 0 Å². The molecule has 1 atom stereocenters. The Labute approximate surface area is 117 Å². The molecule has 0 unspecified atom stereocenters. The van der Waals surface area contributed by atoms with E-state index in [-0.39, 0.29) is 11.9 Å². The minimum absolute atomic E-state index is 0.209. The number of rotatable bonds is 3. The van der Waals surface area contributed by atoms with Gasteiger partial charge in [-0.1, -0.05) is 0 Å². The number of aryl methyl sites for hydroxylation is 1. The molecular weight excluding hydrogens is 254 g/mol. The topological polar surface area (TPSA) is 77.0 Å². The second-order valence-corrected chi connectivity index (χ2v) is 5.00. The van der Waals surface area contributed by atoms with Crippen molar-refractivity contribution in [1.29, 1.82) is 0 Å². The lowest BCUT2D eigenvalue weighted by atomic mass is 10.2. The second kappa shape index (κ2) is 4.96. The molecule has 6 nitrogen and oxygen atoms in total. The highest BCUT2D eigenvalue weighted by atomic mass is 16.1. The Kier molecular flexibility index (Phi) is 3.14. The van der Waals surface area contributed by atoms with E-state index in [0.29, 0.717) is 0 Å². The van der Waals surface area contributed by atoms with Gasteiger partial charge >= 0.3 is 0 Å². The van der Waals surface area contributed by atoms with Gasteiger partial charge in [0.15, 0.2) is 0 Å². The van der Waals surface area contributed by atoms with Crippen LogP contribution in [0.5, 0.6) is 0 Å². The van der Waals surface area contributed by atoms with Crippen molar-refractivity contribution in [3.8, 4) is 11.4 Å². The first-order valence-corrected chi connectivity index (χ1v) is 6.67. The summed E-state index contributed by atoms with van der Waals surface area (Å²) in [6, 6.07) is 5.64. The third kappa shape index (κ3) is 2.13. The van der Waals surface area contributed by atoms with Crippen molar-refractivity contribution in [2.24, 2.45) is 12.8 Å². The van der Waals surface area contributed by atoms with Crippen LogP contribution >= 0.6 is 0 Å². The Morgan fingerprint density at radius 2 is 2.25 bits per heavy atom. The lowest BCUT2D eigenvalue weighted by Crippen LogP contribution is -2.40. The standard InChI is InChI=1S/C14H17N5O/c1-18-12(6-7-17-18)11-5-4-10(9-16-11)19-8-2-3-13(19)14(15)20/h4-7,9,13H,2-3,8H2,1H3,(H2,15,20)/t13-/m0/s1. The summed E-state index contributed by atoms with van der Waals surface area (Å²) in [5.41, 5.74) is 8.21. The van der Waals surface area contributed by atoms with E-state index in [1.165, 1.54) is 0 Å². The summed E-state index contributed by atoms with van der Waals surface area (Å²) < 4.78 is 1.78. The Hall–Kier alpha value is -2.37. The van der Waals surface area contributed by atoms with Gasteiger partial charge in [0.1, 0.15) is 6.04 Å². The van der Waals surface area contributed by atoms with Crippen LogP contribution in [0.4, 0.5) is 5.69 Å². The van der Waals surface area contributed by atoms with Crippen LogP contribution in [-0.2, 0) is 11.8 Å². The molecule has 104 valence electrons. The van der Waals surface area contributed by atoms with E-state index in [4.69, 9.17) is 5.73 Å². The lowest BCUT2D eigenvalue weighted by molar-refractivity contribution is -0.119. The van der Waals surface area contributed by atoms with E-state index in [9.17, 15) is 4.79 Å². The largest absolute Gasteiger partial charge is 0.368 e. The number of nitrogens with two attached hydrogens (primary N) is 1. The molecule has 20 heavy (non-hydrogen) atoms. The van der Waals surface area contributed by atoms with Gasteiger partial charge in [-0.15, -0.1) is 0 Å². The molecular formula is C14H17N5O. The number of carbonyl (C=O) groups is 1. The first kappa shape index (κ1) is 12.7. The van der Waals surface area contributed by atoms with Crippen molar-refractivity contribution in [2.75, 3.05) is 11.4 Å². The third-order valence-electron chi connectivity index (χ3n) is 3.74. The summed E-state index contributed by atoms with van der Waals surface area (Å²) in [5, 5.41) is 4.13. The maximum absolute atomic E-state index is 11.4. The molecule has 1 aliphatic heterocycles. The minimum Gasteiger partial charge on any atom is -0.368 e. The van der Waals surface area contributed by atoms with Gasteiger partial charge in [0.05, 0.1) is 23.3 Å². The number of carbonyl (C=O) groups excluding carboxylic acids is 1. The van der Waals surface area contributed by atoms with Crippen LogP contribution in [-0.4, -0.2) is 33.3 Å². The first-order valence-electron chi connectivity index (χ1n) is 6.67. The Morgan fingerprint density at radius 1 is 1.40 bits per heavy atom. The molecule has 3 heterocycles. The Bertz CT molecular complexity index is 619. The number of anilines is 1. The molecule has 0 saturated carbocycles. The quantitative estimate of drug-likeness (QED) is 0.901. The van der Waals surface area contributed by atoms with Gasteiger partial charge in [0, 0.05) is 19.8 Å². The van der Waals surface area contributed by atoms with E-state index < -0.39 is 0 Å². The summed E-state index contributed by atoms with van der Waals surface area (Å²) in [6.07, 6.45) is 5.34. The number of amides is 1. The molecule has 0 aromatic carbocycles. The summed E-state index contributed by atoms with van der Waals surface area (Å²) in [4.78, 5) is 17.9. The van der Waals surface area contributed by atoms with Gasteiger partial charge in [-0.2, -0.15) is 5.10 Å². The Morgan fingerprint density at radius 3 is 2.85 bits per heavy atom. The molecule has 3 rings (SSSR count). The molecule has 1 fully saturated rings. The monoisotopic (exact) mass is 271 g/mol. The average Bonchev–Trinajstić information content (AvgIpc) is 3.07. The molecule has 0 radical (unpaired) electrons. The highest BCUT2D eigenvalue weighted by molar-refractivity contribution is 5.84. The highest BCUT2D eigenvalue weighted by Crippen LogP contribution is 2.26. The van der Waals surface area contributed by atoms with E-state index in [1.807, 2.05) is 30.1 Å². The molecule has 0 spiro atoms. The fourth-order valence-electron chi connectivity index (χ4n) is 2.70. The van der Waals surface area contributed by atoms with E-state index >= 15 is 0 Å². The average molecular weight is 271 g/mol. The summed E-state index contributed by atoms with van der Waals surface area (Å²) in [7, 11) is 1.88. The smallest absolute Gasteiger partial charge is 0.240 e. The maximum atomic E-state index is 11.4. The van der Waals surface area contributed by atoms with Crippen LogP contribution < -0.4 is 10.6 Å². The van der Waals surface area contributed by atoms with Crippen molar-refractivity contribution in [2.45, 2.75) is 18.9 Å². The number of primary amides is 1. The van der Waals surface area contributed by atoms with Crippen molar-refractivity contribution >= 4 is 11.6 Å². The number of nitrogens with zero attached hydrogens (tertiary/aromatic N) is 4. The van der Waals surface area contributed by atoms with Gasteiger partial charge in [0.2, 0.25) is 5.91 Å². The van der Waals surface area contributed by atoms with Gasteiger partial charge in [0.25, 0.3) is 0 Å². The summed E-state index contributed by atoms with van der Waals surface area (Å²) >= 11 is 0. The molecule has 6 heteroatoms. The molecule has 0 aliphatic carbocycles. The Balaban J connectivity index is 1.86. The predicted molar refractivity (Wildman–Crippen MR) is 76.0 cm³/mol. The zero-order valence-electron chi connectivity index (χ0n) is 11.4. The number of hydrogen-bond donors (Lipinski definition) is 1. The highest BCUT2D eigenvalue weighted by Gasteiger charge is 2.29. The van der Waals surface area contributed by atoms with Crippen molar-refractivity contribution in [1.82, 2.24) is 14.8 Å². The molecule has 1 saturated heterocycles. The molecule has 2 N–H and O–H groups in total. The van der Waals surface area contributed by atoms with Crippen LogP contribution in [0.2, 0.25) is 0 Å². The summed E-state index contributed by atoms with van der Waals surface area (Å²) in [6.45, 7) is 0.848. The predicted octanol–water partition coefficient (Wildman–Crippen LogP) is 0.936. The summed E-state index contributed by atoms with van der Waals surface area (Å²) in [5.74, 6) is -0.266. The van der Waals surface area contributed by atoms with Crippen LogP contribution in [0.1, 0.15) is 12.8 Å². The minimum atomic E-state index is -0.266. The molecule has 0 bridgehead atoms. The second-order valence-electron chi connectivity index (χ2n) is 5.00. The van der Waals surface area contributed by atoms with Crippen molar-refractivity contribution < 1.29 is 4.79 Å². The van der Waals surface area contributed by atoms with Gasteiger partial charge in [-0.3, -0.25) is 14.5 Å². The van der Waals surface area contributed by atoms with E-state index in [1.54, 1.807) is 17.1 Å². The maximum Gasteiger partial charge on any atom is 0.240 e. The van der Waals surface area contributed by atoms with E-state index in [2.05, 4.69) is 10.1 Å². The van der Waals surface area contributed by atoms with Crippen LogP contribution in [0, 0.1) is 0 Å². The number of hydrogen-bond acceptors (Lipinski definition) is 4. The fraction of sp³-hybridized carbons (Fsp3) is 0.357. The molecule has 1 amide bonds. The lowest BCUT2D eigenvalue weighted by Gasteiger charge is -2.24. The normalized spacial score (nSPS) is 18.4. The third-order valence-corrected chi connectivity index (χ3v) is 3.74.